The quantitative estimate of drug-likeness (QED) is 0.925. The Balaban J connectivity index is 1.76. The molecule has 1 aliphatic carbocycles. The molecule has 4 nitrogen and oxygen atoms in total. The topological polar surface area (TPSA) is 51.0 Å². The second-order valence-corrected chi connectivity index (χ2v) is 4.72. The molecule has 0 bridgehead atoms. The lowest BCUT2D eigenvalue weighted by Crippen LogP contribution is -2.01. The highest BCUT2D eigenvalue weighted by Gasteiger charge is 2.23. The molecule has 2 aromatic rings. The first-order valence-corrected chi connectivity index (χ1v) is 6.12. The van der Waals surface area contributed by atoms with Gasteiger partial charge >= 0.3 is 6.01 Å². The van der Waals surface area contributed by atoms with Crippen LogP contribution >= 0.6 is 11.6 Å². The van der Waals surface area contributed by atoms with Crippen molar-refractivity contribution in [2.45, 2.75) is 25.3 Å². The summed E-state index contributed by atoms with van der Waals surface area (Å²) in [6.45, 7) is 0. The van der Waals surface area contributed by atoms with Gasteiger partial charge in [-0.1, -0.05) is 22.8 Å². The predicted molar refractivity (Wildman–Crippen MR) is 65.2 cm³/mol. The summed E-state index contributed by atoms with van der Waals surface area (Å²) in [5, 5.41) is 7.26. The summed E-state index contributed by atoms with van der Waals surface area (Å²) in [7, 11) is 0. The average Bonchev–Trinajstić information content (AvgIpc) is 3.03. The van der Waals surface area contributed by atoms with E-state index in [4.69, 9.17) is 16.1 Å². The molecule has 1 saturated carbocycles. The summed E-state index contributed by atoms with van der Waals surface area (Å²) in [6, 6.07) is 5.40. The standard InChI is InChI=1S/C12H11ClFN3O/c13-9-2-1-3-10(14)8(9)6-11-16-12(18-17-11)15-7-4-5-7/h1-3,7H,4-6H2,(H,15,16,17). The molecule has 3 rings (SSSR count). The maximum Gasteiger partial charge on any atom is 0.321 e. The number of aromatic nitrogens is 2. The van der Waals surface area contributed by atoms with E-state index < -0.39 is 0 Å². The van der Waals surface area contributed by atoms with Crippen LogP contribution in [0.15, 0.2) is 22.7 Å². The van der Waals surface area contributed by atoms with Gasteiger partial charge in [-0.3, -0.25) is 0 Å². The Labute approximate surface area is 108 Å². The van der Waals surface area contributed by atoms with Crippen molar-refractivity contribution < 1.29 is 8.91 Å². The molecule has 1 aromatic carbocycles. The largest absolute Gasteiger partial charge is 0.335 e. The molecule has 94 valence electrons. The number of halogens is 2. The number of anilines is 1. The Morgan fingerprint density at radius 3 is 3.00 bits per heavy atom. The molecule has 0 radical (unpaired) electrons. The third kappa shape index (κ3) is 2.46. The van der Waals surface area contributed by atoms with Crippen LogP contribution in [0.25, 0.3) is 0 Å². The van der Waals surface area contributed by atoms with Gasteiger partial charge in [0.25, 0.3) is 0 Å². The van der Waals surface area contributed by atoms with Crippen LogP contribution in [0.2, 0.25) is 5.02 Å². The lowest BCUT2D eigenvalue weighted by Gasteiger charge is -2.01. The lowest BCUT2D eigenvalue weighted by atomic mass is 10.1. The van der Waals surface area contributed by atoms with Gasteiger partial charge in [0, 0.05) is 23.0 Å². The van der Waals surface area contributed by atoms with E-state index in [0.717, 1.165) is 12.8 Å². The molecule has 1 aliphatic rings. The summed E-state index contributed by atoms with van der Waals surface area (Å²) in [4.78, 5) is 4.15. The molecule has 1 N–H and O–H groups in total. The molecule has 0 saturated heterocycles. The maximum atomic E-state index is 13.6. The Morgan fingerprint density at radius 1 is 1.44 bits per heavy atom. The molecule has 1 aromatic heterocycles. The lowest BCUT2D eigenvalue weighted by molar-refractivity contribution is 0.423. The first kappa shape index (κ1) is 11.5. The van der Waals surface area contributed by atoms with E-state index >= 15 is 0 Å². The third-order valence-electron chi connectivity index (χ3n) is 2.77. The highest BCUT2D eigenvalue weighted by Crippen LogP contribution is 2.25. The zero-order valence-corrected chi connectivity index (χ0v) is 10.2. The molecule has 0 spiro atoms. The second kappa shape index (κ2) is 4.57. The van der Waals surface area contributed by atoms with Crippen LogP contribution in [0.4, 0.5) is 10.4 Å². The van der Waals surface area contributed by atoms with Crippen molar-refractivity contribution in [1.82, 2.24) is 10.1 Å². The number of benzene rings is 1. The van der Waals surface area contributed by atoms with Gasteiger partial charge < -0.3 is 9.84 Å². The van der Waals surface area contributed by atoms with E-state index in [9.17, 15) is 4.39 Å². The van der Waals surface area contributed by atoms with Crippen LogP contribution in [0.5, 0.6) is 0 Å². The van der Waals surface area contributed by atoms with E-state index in [2.05, 4.69) is 15.5 Å². The van der Waals surface area contributed by atoms with Crippen molar-refractivity contribution in [3.8, 4) is 0 Å². The molecule has 6 heteroatoms. The molecule has 0 unspecified atom stereocenters. The van der Waals surface area contributed by atoms with Crippen molar-refractivity contribution in [1.29, 1.82) is 0 Å². The Bertz CT molecular complexity index is 548. The minimum absolute atomic E-state index is 0.224. The smallest absolute Gasteiger partial charge is 0.321 e. The summed E-state index contributed by atoms with van der Waals surface area (Å²) in [5.41, 5.74) is 0.387. The molecule has 1 heterocycles. The summed E-state index contributed by atoms with van der Waals surface area (Å²) < 4.78 is 18.6. The van der Waals surface area contributed by atoms with Gasteiger partial charge in [0.05, 0.1) is 0 Å². The van der Waals surface area contributed by atoms with E-state index in [1.54, 1.807) is 12.1 Å². The summed E-state index contributed by atoms with van der Waals surface area (Å²) >= 11 is 5.94. The van der Waals surface area contributed by atoms with E-state index in [0.29, 0.717) is 28.5 Å². The highest BCUT2D eigenvalue weighted by molar-refractivity contribution is 6.31. The minimum Gasteiger partial charge on any atom is -0.335 e. The van der Waals surface area contributed by atoms with Crippen LogP contribution in [-0.2, 0) is 6.42 Å². The molecule has 0 amide bonds. The van der Waals surface area contributed by atoms with Gasteiger partial charge in [-0.2, -0.15) is 4.98 Å². The van der Waals surface area contributed by atoms with Gasteiger partial charge in [-0.05, 0) is 25.0 Å². The predicted octanol–water partition coefficient (Wildman–Crippen LogP) is 3.03. The van der Waals surface area contributed by atoms with Gasteiger partial charge in [-0.25, -0.2) is 4.39 Å². The van der Waals surface area contributed by atoms with Crippen LogP contribution in [0.1, 0.15) is 24.2 Å². The molecule has 0 aliphatic heterocycles. The van der Waals surface area contributed by atoms with Gasteiger partial charge in [0.15, 0.2) is 5.82 Å². The van der Waals surface area contributed by atoms with Crippen LogP contribution in [0.3, 0.4) is 0 Å². The number of nitrogens with one attached hydrogen (secondary N) is 1. The zero-order valence-electron chi connectivity index (χ0n) is 9.49. The van der Waals surface area contributed by atoms with Gasteiger partial charge in [0.2, 0.25) is 0 Å². The maximum absolute atomic E-state index is 13.6. The summed E-state index contributed by atoms with van der Waals surface area (Å²) in [6.07, 6.45) is 2.47. The van der Waals surface area contributed by atoms with E-state index in [1.807, 2.05) is 0 Å². The average molecular weight is 268 g/mol. The molecular weight excluding hydrogens is 257 g/mol. The van der Waals surface area contributed by atoms with Crippen molar-refractivity contribution >= 4 is 17.6 Å². The molecular formula is C12H11ClFN3O. The fourth-order valence-electron chi connectivity index (χ4n) is 1.65. The normalized spacial score (nSPS) is 14.8. The van der Waals surface area contributed by atoms with E-state index in [-0.39, 0.29) is 12.2 Å². The molecule has 0 atom stereocenters. The van der Waals surface area contributed by atoms with Crippen molar-refractivity contribution in [3.05, 3.63) is 40.4 Å². The van der Waals surface area contributed by atoms with Crippen LogP contribution in [0, 0.1) is 5.82 Å². The van der Waals surface area contributed by atoms with E-state index in [1.165, 1.54) is 6.07 Å². The zero-order chi connectivity index (χ0) is 12.5. The highest BCUT2D eigenvalue weighted by atomic mass is 35.5. The number of hydrogen-bond acceptors (Lipinski definition) is 4. The number of rotatable bonds is 4. The number of hydrogen-bond donors (Lipinski definition) is 1. The van der Waals surface area contributed by atoms with Gasteiger partial charge in [-0.15, -0.1) is 0 Å². The Kier molecular flexibility index (Phi) is 2.91. The van der Waals surface area contributed by atoms with Crippen molar-refractivity contribution in [2.24, 2.45) is 0 Å². The fraction of sp³-hybridized carbons (Fsp3) is 0.333. The number of nitrogens with zero attached hydrogens (tertiary/aromatic N) is 2. The monoisotopic (exact) mass is 267 g/mol. The van der Waals surface area contributed by atoms with Crippen molar-refractivity contribution in [2.75, 3.05) is 5.32 Å². The van der Waals surface area contributed by atoms with Crippen LogP contribution < -0.4 is 5.32 Å². The minimum atomic E-state index is -0.357. The first-order valence-electron chi connectivity index (χ1n) is 5.74. The fourth-order valence-corrected chi connectivity index (χ4v) is 1.88. The Morgan fingerprint density at radius 2 is 2.28 bits per heavy atom. The Hall–Kier alpha value is -1.62. The SMILES string of the molecule is Fc1cccc(Cl)c1Cc1noc(NC2CC2)n1. The van der Waals surface area contributed by atoms with Crippen LogP contribution in [-0.4, -0.2) is 16.2 Å². The van der Waals surface area contributed by atoms with Gasteiger partial charge in [0.1, 0.15) is 5.82 Å². The van der Waals surface area contributed by atoms with Crippen molar-refractivity contribution in [3.63, 3.8) is 0 Å². The summed E-state index contributed by atoms with van der Waals surface area (Å²) in [5.74, 6) is 0.0640. The third-order valence-corrected chi connectivity index (χ3v) is 3.12. The first-order chi connectivity index (χ1) is 8.72. The molecule has 1 fully saturated rings. The molecule has 18 heavy (non-hydrogen) atoms. The second-order valence-electron chi connectivity index (χ2n) is 4.31.